The van der Waals surface area contributed by atoms with E-state index < -0.39 is 0 Å². The van der Waals surface area contributed by atoms with Crippen molar-refractivity contribution in [1.82, 2.24) is 10.3 Å². The lowest BCUT2D eigenvalue weighted by Crippen LogP contribution is -2.18. The van der Waals surface area contributed by atoms with Crippen LogP contribution in [0.3, 0.4) is 0 Å². The van der Waals surface area contributed by atoms with Gasteiger partial charge in [0.1, 0.15) is 5.01 Å². The fourth-order valence-electron chi connectivity index (χ4n) is 1.72. The van der Waals surface area contributed by atoms with Crippen LogP contribution in [0, 0.1) is 0 Å². The topological polar surface area (TPSA) is 80.0 Å². The number of carbonyl (C=O) groups excluding carboxylic acids is 1. The van der Waals surface area contributed by atoms with Crippen molar-refractivity contribution in [2.75, 3.05) is 18.1 Å². The first kappa shape index (κ1) is 13.4. The predicted molar refractivity (Wildman–Crippen MR) is 78.4 cm³/mol. The number of rotatable bonds is 4. The van der Waals surface area contributed by atoms with E-state index in [9.17, 15) is 4.79 Å². The fraction of sp³-hybridized carbons (Fsp3) is 0.231. The van der Waals surface area contributed by atoms with E-state index in [1.165, 1.54) is 0 Å². The van der Waals surface area contributed by atoms with E-state index in [2.05, 4.69) is 15.6 Å². The van der Waals surface area contributed by atoms with Gasteiger partial charge >= 0.3 is 0 Å². The molecule has 0 radical (unpaired) electrons. The Morgan fingerprint density at radius 1 is 1.47 bits per heavy atom. The number of nitrogen functional groups attached to an aromatic ring is 1. The van der Waals surface area contributed by atoms with Crippen LogP contribution in [0.15, 0.2) is 29.8 Å². The van der Waals surface area contributed by atoms with Crippen molar-refractivity contribution in [2.24, 2.45) is 0 Å². The molecule has 4 N–H and O–H groups in total. The van der Waals surface area contributed by atoms with E-state index in [0.717, 1.165) is 10.7 Å². The molecule has 1 aromatic heterocycles. The molecule has 0 bridgehead atoms. The second-order valence-electron chi connectivity index (χ2n) is 4.12. The van der Waals surface area contributed by atoms with Gasteiger partial charge in [-0.1, -0.05) is 0 Å². The predicted octanol–water partition coefficient (Wildman–Crippen LogP) is 2.26. The number of nitrogens with two attached hydrogens (primary N) is 1. The lowest BCUT2D eigenvalue weighted by atomic mass is 10.1. The van der Waals surface area contributed by atoms with Crippen LogP contribution < -0.4 is 16.4 Å². The minimum atomic E-state index is -0.147. The molecular weight excluding hydrogens is 260 g/mol. The monoisotopic (exact) mass is 276 g/mol. The maximum Gasteiger partial charge on any atom is 0.251 e. The minimum Gasteiger partial charge on any atom is -0.397 e. The number of aromatic nitrogens is 1. The van der Waals surface area contributed by atoms with Crippen molar-refractivity contribution in [3.8, 4) is 0 Å². The number of anilines is 2. The van der Waals surface area contributed by atoms with Crippen LogP contribution in [-0.2, 0) is 0 Å². The Bertz CT molecular complexity index is 568. The average molecular weight is 276 g/mol. The molecule has 19 heavy (non-hydrogen) atoms. The smallest absolute Gasteiger partial charge is 0.251 e. The molecule has 1 atom stereocenters. The van der Waals surface area contributed by atoms with Gasteiger partial charge in [-0.05, 0) is 25.1 Å². The van der Waals surface area contributed by atoms with Crippen molar-refractivity contribution in [3.63, 3.8) is 0 Å². The summed E-state index contributed by atoms with van der Waals surface area (Å²) in [5.74, 6) is -0.147. The highest BCUT2D eigenvalue weighted by Crippen LogP contribution is 2.26. The lowest BCUT2D eigenvalue weighted by Gasteiger charge is -2.15. The van der Waals surface area contributed by atoms with Gasteiger partial charge in [-0.3, -0.25) is 4.79 Å². The van der Waals surface area contributed by atoms with Crippen molar-refractivity contribution >= 4 is 28.6 Å². The van der Waals surface area contributed by atoms with Gasteiger partial charge in [-0.25, -0.2) is 4.98 Å². The zero-order valence-corrected chi connectivity index (χ0v) is 11.6. The Labute approximate surface area is 115 Å². The summed E-state index contributed by atoms with van der Waals surface area (Å²) < 4.78 is 0. The van der Waals surface area contributed by atoms with Crippen LogP contribution in [0.1, 0.15) is 28.3 Å². The van der Waals surface area contributed by atoms with Gasteiger partial charge < -0.3 is 16.4 Å². The second kappa shape index (κ2) is 5.71. The third-order valence-corrected chi connectivity index (χ3v) is 3.69. The molecule has 0 saturated carbocycles. The normalized spacial score (nSPS) is 11.9. The highest BCUT2D eigenvalue weighted by molar-refractivity contribution is 7.09. The summed E-state index contributed by atoms with van der Waals surface area (Å²) in [6.07, 6.45) is 1.77. The number of hydrogen-bond acceptors (Lipinski definition) is 5. The first-order valence-electron chi connectivity index (χ1n) is 5.89. The van der Waals surface area contributed by atoms with Crippen molar-refractivity contribution in [3.05, 3.63) is 40.3 Å². The molecule has 0 aliphatic carbocycles. The molecule has 1 heterocycles. The van der Waals surface area contributed by atoms with E-state index in [4.69, 9.17) is 5.73 Å². The Kier molecular flexibility index (Phi) is 4.01. The quantitative estimate of drug-likeness (QED) is 0.748. The lowest BCUT2D eigenvalue weighted by molar-refractivity contribution is 0.0963. The average Bonchev–Trinajstić information content (AvgIpc) is 2.94. The number of benzene rings is 1. The van der Waals surface area contributed by atoms with E-state index in [1.54, 1.807) is 36.7 Å². The number of hydrogen-bond donors (Lipinski definition) is 3. The summed E-state index contributed by atoms with van der Waals surface area (Å²) in [6.45, 7) is 2.02. The summed E-state index contributed by atoms with van der Waals surface area (Å²) in [7, 11) is 1.59. The van der Waals surface area contributed by atoms with E-state index in [1.807, 2.05) is 18.4 Å². The molecule has 1 aromatic carbocycles. The third-order valence-electron chi connectivity index (χ3n) is 2.73. The third kappa shape index (κ3) is 3.03. The highest BCUT2D eigenvalue weighted by Gasteiger charge is 2.11. The van der Waals surface area contributed by atoms with Crippen molar-refractivity contribution in [1.29, 1.82) is 0 Å². The maximum atomic E-state index is 11.5. The van der Waals surface area contributed by atoms with Gasteiger partial charge in [0.25, 0.3) is 5.91 Å². The molecule has 0 spiro atoms. The molecular formula is C13H16N4OS. The first-order chi connectivity index (χ1) is 9.11. The Morgan fingerprint density at radius 2 is 2.26 bits per heavy atom. The van der Waals surface area contributed by atoms with Crippen LogP contribution in [-0.4, -0.2) is 17.9 Å². The largest absolute Gasteiger partial charge is 0.397 e. The zero-order valence-electron chi connectivity index (χ0n) is 10.8. The number of nitrogens with one attached hydrogen (secondary N) is 2. The molecule has 1 amide bonds. The number of nitrogens with zero attached hydrogens (tertiary/aromatic N) is 1. The van der Waals surface area contributed by atoms with Gasteiger partial charge in [0.2, 0.25) is 0 Å². The maximum absolute atomic E-state index is 11.5. The molecule has 2 aromatic rings. The summed E-state index contributed by atoms with van der Waals surface area (Å²) >= 11 is 1.59. The molecule has 6 heteroatoms. The minimum absolute atomic E-state index is 0.0770. The van der Waals surface area contributed by atoms with Gasteiger partial charge in [0.15, 0.2) is 0 Å². The van der Waals surface area contributed by atoms with Crippen molar-refractivity contribution < 1.29 is 4.79 Å². The standard InChI is InChI=1S/C13H16N4OS/c1-8(13-16-5-6-19-13)17-11-4-3-9(7-10(11)14)12(18)15-2/h3-8,17H,14H2,1-2H3,(H,15,18). The SMILES string of the molecule is CNC(=O)c1ccc(NC(C)c2nccs2)c(N)c1. The molecule has 0 fully saturated rings. The first-order valence-corrected chi connectivity index (χ1v) is 6.77. The number of amides is 1. The molecule has 0 saturated heterocycles. The van der Waals surface area contributed by atoms with Crippen LogP contribution in [0.2, 0.25) is 0 Å². The van der Waals surface area contributed by atoms with Gasteiger partial charge in [0, 0.05) is 24.2 Å². The highest BCUT2D eigenvalue weighted by atomic mass is 32.1. The Balaban J connectivity index is 2.15. The molecule has 100 valence electrons. The fourth-order valence-corrected chi connectivity index (χ4v) is 2.37. The zero-order chi connectivity index (χ0) is 13.8. The van der Waals surface area contributed by atoms with Gasteiger partial charge in [0.05, 0.1) is 17.4 Å². The summed E-state index contributed by atoms with van der Waals surface area (Å²) in [4.78, 5) is 15.7. The van der Waals surface area contributed by atoms with Crippen LogP contribution >= 0.6 is 11.3 Å². The van der Waals surface area contributed by atoms with E-state index >= 15 is 0 Å². The van der Waals surface area contributed by atoms with Gasteiger partial charge in [-0.15, -0.1) is 11.3 Å². The Morgan fingerprint density at radius 3 is 2.84 bits per heavy atom. The summed E-state index contributed by atoms with van der Waals surface area (Å²) in [6, 6.07) is 5.29. The Hall–Kier alpha value is -2.08. The van der Waals surface area contributed by atoms with Crippen LogP contribution in [0.5, 0.6) is 0 Å². The number of thiazole rings is 1. The molecule has 0 aliphatic rings. The van der Waals surface area contributed by atoms with Crippen LogP contribution in [0.25, 0.3) is 0 Å². The van der Waals surface area contributed by atoms with Gasteiger partial charge in [-0.2, -0.15) is 0 Å². The van der Waals surface area contributed by atoms with E-state index in [-0.39, 0.29) is 11.9 Å². The second-order valence-corrected chi connectivity index (χ2v) is 5.04. The van der Waals surface area contributed by atoms with E-state index in [0.29, 0.717) is 11.3 Å². The summed E-state index contributed by atoms with van der Waals surface area (Å²) in [5.41, 5.74) is 7.85. The van der Waals surface area contributed by atoms with Crippen molar-refractivity contribution in [2.45, 2.75) is 13.0 Å². The van der Waals surface area contributed by atoms with Crippen LogP contribution in [0.4, 0.5) is 11.4 Å². The molecule has 2 rings (SSSR count). The molecule has 0 aliphatic heterocycles. The number of carbonyl (C=O) groups is 1. The molecule has 1 unspecified atom stereocenters. The summed E-state index contributed by atoms with van der Waals surface area (Å²) in [5, 5.41) is 8.79. The molecule has 5 nitrogen and oxygen atoms in total.